The molecule has 6 nitrogen and oxygen atoms in total. The van der Waals surface area contributed by atoms with Crippen LogP contribution in [0.5, 0.6) is 0 Å². The van der Waals surface area contributed by atoms with Crippen molar-refractivity contribution in [3.63, 3.8) is 0 Å². The summed E-state index contributed by atoms with van der Waals surface area (Å²) in [5, 5.41) is 0. The molecular formula is C12H14N4O2S. The standard InChI is InChI=1S/C12H14N4O2S/c17-9-13-14-10-3-5-11(6-4-10)19-15-12(18)16-7-1-2-8-16/h1-6,9,14H,7-8H2,(H,13,17)(H,15,18). The molecule has 3 amide bonds. The lowest BCUT2D eigenvalue weighted by Crippen LogP contribution is -2.34. The Labute approximate surface area is 115 Å². The minimum Gasteiger partial charge on any atom is -0.317 e. The van der Waals surface area contributed by atoms with Gasteiger partial charge in [0.2, 0.25) is 6.41 Å². The van der Waals surface area contributed by atoms with Crippen molar-refractivity contribution in [1.82, 2.24) is 15.0 Å². The minimum absolute atomic E-state index is 0.0974. The van der Waals surface area contributed by atoms with E-state index in [1.807, 2.05) is 36.4 Å². The lowest BCUT2D eigenvalue weighted by atomic mass is 10.3. The Bertz CT molecular complexity index is 467. The van der Waals surface area contributed by atoms with E-state index < -0.39 is 0 Å². The van der Waals surface area contributed by atoms with Gasteiger partial charge in [0.25, 0.3) is 0 Å². The molecule has 1 aliphatic rings. The Morgan fingerprint density at radius 2 is 1.89 bits per heavy atom. The molecule has 1 aliphatic heterocycles. The van der Waals surface area contributed by atoms with E-state index in [0.29, 0.717) is 19.5 Å². The SMILES string of the molecule is O=CNNc1ccc(SNC(=O)N2CC=CC2)cc1. The van der Waals surface area contributed by atoms with Gasteiger partial charge in [0.05, 0.1) is 5.69 Å². The molecule has 0 aliphatic carbocycles. The Balaban J connectivity index is 1.79. The molecule has 0 saturated carbocycles. The fourth-order valence-corrected chi connectivity index (χ4v) is 2.14. The van der Waals surface area contributed by atoms with Gasteiger partial charge in [-0.15, -0.1) is 0 Å². The van der Waals surface area contributed by atoms with Crippen molar-refractivity contribution in [3.8, 4) is 0 Å². The van der Waals surface area contributed by atoms with E-state index in [-0.39, 0.29) is 6.03 Å². The third-order valence-corrected chi connectivity index (χ3v) is 3.28. The third kappa shape index (κ3) is 3.92. The largest absolute Gasteiger partial charge is 0.328 e. The van der Waals surface area contributed by atoms with E-state index in [9.17, 15) is 9.59 Å². The summed E-state index contributed by atoms with van der Waals surface area (Å²) in [6.45, 7) is 1.32. The lowest BCUT2D eigenvalue weighted by Gasteiger charge is -2.15. The van der Waals surface area contributed by atoms with Crippen LogP contribution in [0.3, 0.4) is 0 Å². The van der Waals surface area contributed by atoms with Crippen LogP contribution in [0.4, 0.5) is 10.5 Å². The monoisotopic (exact) mass is 278 g/mol. The average Bonchev–Trinajstić information content (AvgIpc) is 2.98. The van der Waals surface area contributed by atoms with Crippen molar-refractivity contribution in [2.24, 2.45) is 0 Å². The number of hydrazine groups is 1. The van der Waals surface area contributed by atoms with Gasteiger partial charge in [0.1, 0.15) is 0 Å². The second-order valence-corrected chi connectivity index (χ2v) is 4.68. The van der Waals surface area contributed by atoms with Gasteiger partial charge in [0, 0.05) is 18.0 Å². The fourth-order valence-electron chi connectivity index (χ4n) is 1.53. The highest BCUT2D eigenvalue weighted by Gasteiger charge is 2.13. The molecule has 3 N–H and O–H groups in total. The molecule has 2 rings (SSSR count). The van der Waals surface area contributed by atoms with Gasteiger partial charge in [0.15, 0.2) is 0 Å². The van der Waals surface area contributed by atoms with E-state index in [1.165, 1.54) is 11.9 Å². The number of carbonyl (C=O) groups is 2. The van der Waals surface area contributed by atoms with Gasteiger partial charge in [-0.3, -0.25) is 20.4 Å². The molecule has 0 unspecified atom stereocenters. The van der Waals surface area contributed by atoms with E-state index in [1.54, 1.807) is 4.90 Å². The topological polar surface area (TPSA) is 73.5 Å². The van der Waals surface area contributed by atoms with Gasteiger partial charge in [-0.25, -0.2) is 4.79 Å². The van der Waals surface area contributed by atoms with Crippen LogP contribution in [0, 0.1) is 0 Å². The van der Waals surface area contributed by atoms with Gasteiger partial charge in [-0.2, -0.15) is 0 Å². The van der Waals surface area contributed by atoms with Crippen molar-refractivity contribution in [1.29, 1.82) is 0 Å². The second-order valence-electron chi connectivity index (χ2n) is 3.80. The average molecular weight is 278 g/mol. The fraction of sp³-hybridized carbons (Fsp3) is 0.167. The minimum atomic E-state index is -0.0974. The number of anilines is 1. The highest BCUT2D eigenvalue weighted by molar-refractivity contribution is 7.98. The van der Waals surface area contributed by atoms with Crippen molar-refractivity contribution in [2.45, 2.75) is 4.90 Å². The predicted molar refractivity (Wildman–Crippen MR) is 74.4 cm³/mol. The zero-order chi connectivity index (χ0) is 13.5. The number of urea groups is 1. The molecule has 0 atom stereocenters. The summed E-state index contributed by atoms with van der Waals surface area (Å²) in [7, 11) is 0. The summed E-state index contributed by atoms with van der Waals surface area (Å²) < 4.78 is 2.77. The molecule has 19 heavy (non-hydrogen) atoms. The van der Waals surface area contributed by atoms with Crippen LogP contribution in [0.1, 0.15) is 0 Å². The molecule has 0 radical (unpaired) electrons. The maximum absolute atomic E-state index is 11.7. The summed E-state index contributed by atoms with van der Waals surface area (Å²) in [5.74, 6) is 0. The van der Waals surface area contributed by atoms with Crippen molar-refractivity contribution >= 4 is 30.1 Å². The Kier molecular flexibility index (Phi) is 4.68. The number of amides is 3. The van der Waals surface area contributed by atoms with E-state index in [2.05, 4.69) is 15.6 Å². The predicted octanol–water partition coefficient (Wildman–Crippen LogP) is 1.35. The quantitative estimate of drug-likeness (QED) is 0.329. The van der Waals surface area contributed by atoms with Crippen LogP contribution in [-0.2, 0) is 4.79 Å². The molecule has 100 valence electrons. The van der Waals surface area contributed by atoms with Crippen LogP contribution >= 0.6 is 11.9 Å². The van der Waals surface area contributed by atoms with Gasteiger partial charge in [-0.05, 0) is 36.2 Å². The first-order valence-corrected chi connectivity index (χ1v) is 6.53. The molecular weight excluding hydrogens is 264 g/mol. The Morgan fingerprint density at radius 1 is 1.21 bits per heavy atom. The zero-order valence-electron chi connectivity index (χ0n) is 10.1. The number of hydrogen-bond donors (Lipinski definition) is 3. The number of hydrogen-bond acceptors (Lipinski definition) is 4. The first-order chi connectivity index (χ1) is 9.29. The number of nitrogens with one attached hydrogen (secondary N) is 3. The van der Waals surface area contributed by atoms with Crippen LogP contribution < -0.4 is 15.6 Å². The normalized spacial score (nSPS) is 13.2. The van der Waals surface area contributed by atoms with Crippen molar-refractivity contribution < 1.29 is 9.59 Å². The Hall–Kier alpha value is -2.15. The highest BCUT2D eigenvalue weighted by Crippen LogP contribution is 2.17. The van der Waals surface area contributed by atoms with Crippen LogP contribution in [0.2, 0.25) is 0 Å². The summed E-state index contributed by atoms with van der Waals surface area (Å²) in [5.41, 5.74) is 5.82. The molecule has 0 spiro atoms. The summed E-state index contributed by atoms with van der Waals surface area (Å²) >= 11 is 1.26. The number of benzene rings is 1. The molecule has 7 heteroatoms. The van der Waals surface area contributed by atoms with Crippen LogP contribution in [0.15, 0.2) is 41.3 Å². The molecule has 1 aromatic rings. The number of rotatable bonds is 5. The molecule has 0 bridgehead atoms. The summed E-state index contributed by atoms with van der Waals surface area (Å²) in [6.07, 6.45) is 4.49. The zero-order valence-corrected chi connectivity index (χ0v) is 10.9. The summed E-state index contributed by atoms with van der Waals surface area (Å²) in [4.78, 5) is 24.5. The maximum atomic E-state index is 11.7. The molecule has 1 aromatic carbocycles. The van der Waals surface area contributed by atoms with Crippen molar-refractivity contribution in [2.75, 3.05) is 18.5 Å². The lowest BCUT2D eigenvalue weighted by molar-refractivity contribution is -0.109. The van der Waals surface area contributed by atoms with Gasteiger partial charge in [-0.1, -0.05) is 12.2 Å². The van der Waals surface area contributed by atoms with E-state index in [4.69, 9.17) is 0 Å². The smallest absolute Gasteiger partial charge is 0.317 e. The van der Waals surface area contributed by atoms with Crippen LogP contribution in [0.25, 0.3) is 0 Å². The summed E-state index contributed by atoms with van der Waals surface area (Å²) in [6, 6.07) is 7.22. The third-order valence-electron chi connectivity index (χ3n) is 2.49. The molecule has 0 fully saturated rings. The first kappa shape index (κ1) is 13.3. The van der Waals surface area contributed by atoms with E-state index in [0.717, 1.165) is 10.6 Å². The van der Waals surface area contributed by atoms with Gasteiger partial charge < -0.3 is 4.90 Å². The maximum Gasteiger partial charge on any atom is 0.328 e. The Morgan fingerprint density at radius 3 is 2.53 bits per heavy atom. The first-order valence-electron chi connectivity index (χ1n) is 5.71. The molecule has 1 heterocycles. The van der Waals surface area contributed by atoms with Crippen LogP contribution in [-0.4, -0.2) is 30.4 Å². The van der Waals surface area contributed by atoms with Gasteiger partial charge >= 0.3 is 6.03 Å². The number of carbonyl (C=O) groups excluding carboxylic acids is 2. The second kappa shape index (κ2) is 6.69. The molecule has 0 aromatic heterocycles. The van der Waals surface area contributed by atoms with Crippen molar-refractivity contribution in [3.05, 3.63) is 36.4 Å². The number of nitrogens with zero attached hydrogens (tertiary/aromatic N) is 1. The highest BCUT2D eigenvalue weighted by atomic mass is 32.2. The molecule has 0 saturated heterocycles. The van der Waals surface area contributed by atoms with E-state index >= 15 is 0 Å².